The molecule has 0 radical (unpaired) electrons. The zero-order chi connectivity index (χ0) is 25.3. The summed E-state index contributed by atoms with van der Waals surface area (Å²) in [5.41, 5.74) is 4.24. The van der Waals surface area contributed by atoms with Crippen LogP contribution in [0.15, 0.2) is 84.0 Å². The number of urea groups is 1. The molecule has 1 heterocycles. The fourth-order valence-corrected chi connectivity index (χ4v) is 4.35. The average molecular weight is 502 g/mol. The molecule has 8 nitrogen and oxygen atoms in total. The van der Waals surface area contributed by atoms with Gasteiger partial charge in [0.2, 0.25) is 0 Å². The van der Waals surface area contributed by atoms with Crippen molar-refractivity contribution in [3.8, 4) is 5.69 Å². The number of hydrogen-bond acceptors (Lipinski definition) is 6. The van der Waals surface area contributed by atoms with Crippen molar-refractivity contribution in [2.24, 2.45) is 0 Å². The smallest absolute Gasteiger partial charge is 0.338 e. The Kier molecular flexibility index (Phi) is 8.36. The number of carbonyl (C=O) groups is 2. The van der Waals surface area contributed by atoms with Gasteiger partial charge in [0.25, 0.3) is 0 Å². The van der Waals surface area contributed by atoms with Crippen LogP contribution < -0.4 is 10.6 Å². The lowest BCUT2D eigenvalue weighted by Gasteiger charge is -2.12. The maximum Gasteiger partial charge on any atom is 0.338 e. The molecule has 0 aliphatic carbocycles. The first-order chi connectivity index (χ1) is 17.5. The lowest BCUT2D eigenvalue weighted by molar-refractivity contribution is 0.0526. The molecular weight excluding hydrogens is 474 g/mol. The summed E-state index contributed by atoms with van der Waals surface area (Å²) in [6, 6.07) is 24.4. The summed E-state index contributed by atoms with van der Waals surface area (Å²) in [6.07, 6.45) is 0. The van der Waals surface area contributed by atoms with Crippen LogP contribution in [-0.4, -0.2) is 33.4 Å². The summed E-state index contributed by atoms with van der Waals surface area (Å²) in [5.74, 6) is 0.965. The van der Waals surface area contributed by atoms with Gasteiger partial charge in [0.05, 0.1) is 18.7 Å². The van der Waals surface area contributed by atoms with E-state index in [4.69, 9.17) is 4.74 Å². The molecule has 4 rings (SSSR count). The first-order valence-corrected chi connectivity index (χ1v) is 12.5. The van der Waals surface area contributed by atoms with Gasteiger partial charge in [0.15, 0.2) is 11.0 Å². The van der Waals surface area contributed by atoms with E-state index in [0.29, 0.717) is 23.7 Å². The lowest BCUT2D eigenvalue weighted by atomic mass is 10.2. The number of esters is 1. The Morgan fingerprint density at radius 1 is 0.944 bits per heavy atom. The summed E-state index contributed by atoms with van der Waals surface area (Å²) < 4.78 is 6.94. The first kappa shape index (κ1) is 25.0. The molecule has 0 aliphatic heterocycles. The highest BCUT2D eigenvalue weighted by Crippen LogP contribution is 2.25. The molecule has 184 valence electrons. The van der Waals surface area contributed by atoms with Crippen molar-refractivity contribution in [2.75, 3.05) is 11.9 Å². The fraction of sp³-hybridized carbons (Fsp3) is 0.185. The highest BCUT2D eigenvalue weighted by Gasteiger charge is 2.16. The van der Waals surface area contributed by atoms with E-state index in [9.17, 15) is 9.59 Å². The standard InChI is InChI=1S/C27H27N5O3S/c1-3-35-25(33)21-11-13-22(14-12-21)29-26(34)28-17-24-30-31-27(36-18-20-7-5-4-6-8-20)32(24)23-15-9-19(2)10-16-23/h4-16H,3,17-18H2,1-2H3,(H2,28,29,34). The van der Waals surface area contributed by atoms with Gasteiger partial charge in [-0.3, -0.25) is 4.57 Å². The van der Waals surface area contributed by atoms with E-state index in [1.165, 1.54) is 5.56 Å². The maximum atomic E-state index is 12.5. The predicted octanol–water partition coefficient (Wildman–Crippen LogP) is 5.37. The van der Waals surface area contributed by atoms with E-state index in [1.807, 2.05) is 54.0 Å². The molecule has 0 bridgehead atoms. The van der Waals surface area contributed by atoms with Crippen LogP contribution in [0.2, 0.25) is 0 Å². The Balaban J connectivity index is 1.44. The second-order valence-electron chi connectivity index (χ2n) is 7.95. The van der Waals surface area contributed by atoms with Gasteiger partial charge in [-0.05, 0) is 55.8 Å². The number of anilines is 1. The van der Waals surface area contributed by atoms with Crippen molar-refractivity contribution < 1.29 is 14.3 Å². The Labute approximate surface area is 214 Å². The van der Waals surface area contributed by atoms with Gasteiger partial charge in [-0.2, -0.15) is 0 Å². The van der Waals surface area contributed by atoms with Crippen LogP contribution in [-0.2, 0) is 17.0 Å². The Hall–Kier alpha value is -4.11. The molecule has 3 aromatic carbocycles. The summed E-state index contributed by atoms with van der Waals surface area (Å²) in [4.78, 5) is 24.3. The molecule has 2 amide bonds. The van der Waals surface area contributed by atoms with Crippen LogP contribution in [0.1, 0.15) is 34.2 Å². The van der Waals surface area contributed by atoms with Gasteiger partial charge in [0.1, 0.15) is 0 Å². The molecule has 0 spiro atoms. The number of ether oxygens (including phenoxy) is 1. The number of benzene rings is 3. The molecule has 4 aromatic rings. The summed E-state index contributed by atoms with van der Waals surface area (Å²) in [6.45, 7) is 4.27. The summed E-state index contributed by atoms with van der Waals surface area (Å²) >= 11 is 1.59. The molecule has 0 saturated carbocycles. The highest BCUT2D eigenvalue weighted by atomic mass is 32.2. The lowest BCUT2D eigenvalue weighted by Crippen LogP contribution is -2.29. The summed E-state index contributed by atoms with van der Waals surface area (Å²) in [7, 11) is 0. The van der Waals surface area contributed by atoms with Crippen LogP contribution in [0.3, 0.4) is 0 Å². The zero-order valence-corrected chi connectivity index (χ0v) is 20.9. The number of aryl methyl sites for hydroxylation is 1. The summed E-state index contributed by atoms with van der Waals surface area (Å²) in [5, 5.41) is 15.1. The van der Waals surface area contributed by atoms with Crippen LogP contribution in [0, 0.1) is 6.92 Å². The van der Waals surface area contributed by atoms with Crippen molar-refractivity contribution in [1.29, 1.82) is 0 Å². The van der Waals surface area contributed by atoms with E-state index in [-0.39, 0.29) is 6.54 Å². The van der Waals surface area contributed by atoms with Crippen LogP contribution >= 0.6 is 11.8 Å². The van der Waals surface area contributed by atoms with Crippen molar-refractivity contribution in [1.82, 2.24) is 20.1 Å². The van der Waals surface area contributed by atoms with Gasteiger partial charge in [-0.15, -0.1) is 10.2 Å². The molecule has 0 saturated heterocycles. The largest absolute Gasteiger partial charge is 0.462 e. The normalized spacial score (nSPS) is 10.6. The zero-order valence-electron chi connectivity index (χ0n) is 20.1. The molecule has 36 heavy (non-hydrogen) atoms. The molecule has 1 aromatic heterocycles. The number of amides is 2. The highest BCUT2D eigenvalue weighted by molar-refractivity contribution is 7.98. The number of aromatic nitrogens is 3. The van der Waals surface area contributed by atoms with Crippen molar-refractivity contribution >= 4 is 29.4 Å². The maximum absolute atomic E-state index is 12.5. The number of thioether (sulfide) groups is 1. The molecule has 0 aliphatic rings. The number of nitrogens with zero attached hydrogens (tertiary/aromatic N) is 3. The predicted molar refractivity (Wildman–Crippen MR) is 140 cm³/mol. The van der Waals surface area contributed by atoms with E-state index in [1.54, 1.807) is 43.0 Å². The third-order valence-electron chi connectivity index (χ3n) is 5.26. The molecule has 0 fully saturated rings. The third kappa shape index (κ3) is 6.51. The van der Waals surface area contributed by atoms with E-state index >= 15 is 0 Å². The quantitative estimate of drug-likeness (QED) is 0.236. The number of nitrogens with one attached hydrogen (secondary N) is 2. The number of rotatable bonds is 9. The van der Waals surface area contributed by atoms with Gasteiger partial charge < -0.3 is 15.4 Å². The van der Waals surface area contributed by atoms with Gasteiger partial charge in [-0.25, -0.2) is 9.59 Å². The van der Waals surface area contributed by atoms with Crippen molar-refractivity contribution in [3.05, 3.63) is 101 Å². The molecule has 0 unspecified atom stereocenters. The molecule has 0 atom stereocenters. The van der Waals surface area contributed by atoms with Crippen molar-refractivity contribution in [3.63, 3.8) is 0 Å². The van der Waals surface area contributed by atoms with Gasteiger partial charge >= 0.3 is 12.0 Å². The van der Waals surface area contributed by atoms with E-state index in [2.05, 4.69) is 33.0 Å². The molecular formula is C27H27N5O3S. The fourth-order valence-electron chi connectivity index (χ4n) is 3.42. The van der Waals surface area contributed by atoms with Gasteiger partial charge in [0, 0.05) is 17.1 Å². The SMILES string of the molecule is CCOC(=O)c1ccc(NC(=O)NCc2nnc(SCc3ccccc3)n2-c2ccc(C)cc2)cc1. The van der Waals surface area contributed by atoms with E-state index in [0.717, 1.165) is 22.2 Å². The number of hydrogen-bond donors (Lipinski definition) is 2. The second kappa shape index (κ2) is 12.0. The van der Waals surface area contributed by atoms with Gasteiger partial charge in [-0.1, -0.05) is 59.8 Å². The Morgan fingerprint density at radius 3 is 2.36 bits per heavy atom. The average Bonchev–Trinajstić information content (AvgIpc) is 3.30. The number of carbonyl (C=O) groups excluding carboxylic acids is 2. The van der Waals surface area contributed by atoms with Crippen LogP contribution in [0.4, 0.5) is 10.5 Å². The van der Waals surface area contributed by atoms with E-state index < -0.39 is 12.0 Å². The minimum Gasteiger partial charge on any atom is -0.462 e. The molecule has 9 heteroatoms. The third-order valence-corrected chi connectivity index (χ3v) is 6.26. The topological polar surface area (TPSA) is 98.1 Å². The minimum atomic E-state index is -0.398. The monoisotopic (exact) mass is 501 g/mol. The second-order valence-corrected chi connectivity index (χ2v) is 8.89. The van der Waals surface area contributed by atoms with Crippen LogP contribution in [0.5, 0.6) is 0 Å². The minimum absolute atomic E-state index is 0.180. The van der Waals surface area contributed by atoms with Crippen molar-refractivity contribution in [2.45, 2.75) is 31.3 Å². The first-order valence-electron chi connectivity index (χ1n) is 11.5. The Morgan fingerprint density at radius 2 is 1.67 bits per heavy atom. The van der Waals surface area contributed by atoms with Crippen LogP contribution in [0.25, 0.3) is 5.69 Å². The molecule has 2 N–H and O–H groups in total. The Bertz CT molecular complexity index is 1310.